The van der Waals surface area contributed by atoms with Gasteiger partial charge < -0.3 is 0 Å². The van der Waals surface area contributed by atoms with Crippen molar-refractivity contribution in [2.24, 2.45) is 0 Å². The van der Waals surface area contributed by atoms with Crippen molar-refractivity contribution >= 4 is 11.8 Å². The number of thioether (sulfide) groups is 1. The molecule has 0 radical (unpaired) electrons. The Bertz CT molecular complexity index is 283. The molecule has 0 aromatic heterocycles. The Labute approximate surface area is 126 Å². The molecular weight excluding hydrogens is 380 g/mol. The highest BCUT2D eigenvalue weighted by Gasteiger charge is 2.44. The molecule has 0 atom stereocenters. The number of hydrogen-bond donors (Lipinski definition) is 0. The zero-order chi connectivity index (χ0) is 18.7. The van der Waals surface area contributed by atoms with Gasteiger partial charge in [-0.05, 0) is 0 Å². The molecule has 23 heavy (non-hydrogen) atoms. The fraction of sp³-hybridized carbons (Fsp3) is 1.00. The first-order valence-corrected chi connectivity index (χ1v) is 6.73. The molecule has 0 bridgehead atoms. The molecular formula is C10H10F12S. The SMILES string of the molecule is FC(F)(F)CC(CC(F)(F)F)SC(CC(F)(F)F)CC(F)(F)F. The third kappa shape index (κ3) is 14.8. The Morgan fingerprint density at radius 1 is 0.435 bits per heavy atom. The van der Waals surface area contributed by atoms with Crippen LogP contribution in [0.3, 0.4) is 0 Å². The molecule has 0 heterocycles. The molecule has 13 heteroatoms. The quantitative estimate of drug-likeness (QED) is 0.482. The lowest BCUT2D eigenvalue weighted by molar-refractivity contribution is -0.156. The van der Waals surface area contributed by atoms with E-state index in [2.05, 4.69) is 0 Å². The third-order valence-electron chi connectivity index (χ3n) is 2.22. The molecule has 140 valence electrons. The van der Waals surface area contributed by atoms with Crippen LogP contribution in [-0.4, -0.2) is 35.2 Å². The van der Waals surface area contributed by atoms with E-state index in [0.29, 0.717) is 0 Å². The summed E-state index contributed by atoms with van der Waals surface area (Å²) in [5, 5.41) is -4.96. The summed E-state index contributed by atoms with van der Waals surface area (Å²) in [5.74, 6) is 0. The molecule has 0 amide bonds. The molecule has 0 aliphatic heterocycles. The molecule has 0 saturated carbocycles. The molecule has 0 aromatic carbocycles. The van der Waals surface area contributed by atoms with Crippen LogP contribution in [0.2, 0.25) is 0 Å². The van der Waals surface area contributed by atoms with Crippen molar-refractivity contribution in [3.63, 3.8) is 0 Å². The first kappa shape index (κ1) is 22.5. The minimum Gasteiger partial charge on any atom is -0.171 e. The average molecular weight is 390 g/mol. The summed E-state index contributed by atoms with van der Waals surface area (Å²) in [7, 11) is 0. The van der Waals surface area contributed by atoms with Crippen LogP contribution in [-0.2, 0) is 0 Å². The van der Waals surface area contributed by atoms with Gasteiger partial charge in [-0.3, -0.25) is 0 Å². The van der Waals surface area contributed by atoms with Gasteiger partial charge in [0.25, 0.3) is 0 Å². The van der Waals surface area contributed by atoms with Gasteiger partial charge in [-0.2, -0.15) is 64.4 Å². The van der Waals surface area contributed by atoms with Crippen LogP contribution >= 0.6 is 11.8 Å². The second kappa shape index (κ2) is 7.60. The molecule has 0 N–H and O–H groups in total. The monoisotopic (exact) mass is 390 g/mol. The van der Waals surface area contributed by atoms with Crippen molar-refractivity contribution in [2.75, 3.05) is 0 Å². The van der Waals surface area contributed by atoms with Gasteiger partial charge in [-0.25, -0.2) is 0 Å². The molecule has 0 spiro atoms. The summed E-state index contributed by atoms with van der Waals surface area (Å²) in [6.45, 7) is 0. The van der Waals surface area contributed by atoms with Crippen molar-refractivity contribution in [1.29, 1.82) is 0 Å². The van der Waals surface area contributed by atoms with E-state index in [0.717, 1.165) is 0 Å². The summed E-state index contributed by atoms with van der Waals surface area (Å²) >= 11 is -0.583. The maximum Gasteiger partial charge on any atom is 0.390 e. The van der Waals surface area contributed by atoms with Gasteiger partial charge in [0.15, 0.2) is 0 Å². The molecule has 0 aliphatic rings. The van der Waals surface area contributed by atoms with Gasteiger partial charge in [0.1, 0.15) is 0 Å². The fourth-order valence-electron chi connectivity index (χ4n) is 1.64. The Hall–Kier alpha value is -0.490. The van der Waals surface area contributed by atoms with Crippen LogP contribution < -0.4 is 0 Å². The average Bonchev–Trinajstić information content (AvgIpc) is 2.03. The van der Waals surface area contributed by atoms with Crippen molar-refractivity contribution in [2.45, 2.75) is 60.9 Å². The van der Waals surface area contributed by atoms with Crippen molar-refractivity contribution in [3.05, 3.63) is 0 Å². The minimum absolute atomic E-state index is 0.583. The summed E-state index contributed by atoms with van der Waals surface area (Å²) < 4.78 is 146. The molecule has 0 unspecified atom stereocenters. The first-order chi connectivity index (χ1) is 9.86. The maximum atomic E-state index is 12.2. The standard InChI is InChI=1S/C10H10F12S/c11-7(12,13)1-5(2-8(14,15)16)23-6(3-9(17,18)19)4-10(20,21)22/h5-6H,1-4H2. The molecule has 0 nitrogen and oxygen atoms in total. The highest BCUT2D eigenvalue weighted by Crippen LogP contribution is 2.42. The van der Waals surface area contributed by atoms with Gasteiger partial charge >= 0.3 is 24.7 Å². The Morgan fingerprint density at radius 2 is 0.609 bits per heavy atom. The molecule has 0 aliphatic carbocycles. The van der Waals surface area contributed by atoms with Gasteiger partial charge in [-0.15, -0.1) is 0 Å². The van der Waals surface area contributed by atoms with E-state index in [-0.39, 0.29) is 0 Å². The van der Waals surface area contributed by atoms with E-state index in [1.807, 2.05) is 0 Å². The zero-order valence-corrected chi connectivity index (χ0v) is 11.7. The van der Waals surface area contributed by atoms with E-state index in [1.54, 1.807) is 0 Å². The van der Waals surface area contributed by atoms with Gasteiger partial charge in [0, 0.05) is 10.5 Å². The zero-order valence-electron chi connectivity index (χ0n) is 10.9. The van der Waals surface area contributed by atoms with E-state index >= 15 is 0 Å². The summed E-state index contributed by atoms with van der Waals surface area (Å²) in [4.78, 5) is 0. The predicted molar refractivity (Wildman–Crippen MR) is 57.9 cm³/mol. The Balaban J connectivity index is 5.15. The first-order valence-electron chi connectivity index (χ1n) is 5.79. The largest absolute Gasteiger partial charge is 0.390 e. The summed E-state index contributed by atoms with van der Waals surface area (Å²) in [6, 6.07) is 0. The summed E-state index contributed by atoms with van der Waals surface area (Å²) in [6.07, 6.45) is -29.1. The number of hydrogen-bond acceptors (Lipinski definition) is 1. The second-order valence-corrected chi connectivity index (χ2v) is 6.26. The molecule has 0 fully saturated rings. The van der Waals surface area contributed by atoms with Crippen LogP contribution in [0.15, 0.2) is 0 Å². The van der Waals surface area contributed by atoms with Gasteiger partial charge in [-0.1, -0.05) is 0 Å². The lowest BCUT2D eigenvalue weighted by Gasteiger charge is -2.26. The predicted octanol–water partition coefficient (Wildman–Crippen LogP) is 6.27. The Morgan fingerprint density at radius 3 is 0.739 bits per heavy atom. The fourth-order valence-corrected chi connectivity index (χ4v) is 3.33. The van der Waals surface area contributed by atoms with E-state index in [1.165, 1.54) is 0 Å². The van der Waals surface area contributed by atoms with E-state index in [4.69, 9.17) is 0 Å². The van der Waals surface area contributed by atoms with Gasteiger partial charge in [0.2, 0.25) is 0 Å². The van der Waals surface area contributed by atoms with Crippen LogP contribution in [0.25, 0.3) is 0 Å². The molecule has 0 rings (SSSR count). The van der Waals surface area contributed by atoms with Crippen molar-refractivity contribution in [3.8, 4) is 0 Å². The maximum absolute atomic E-state index is 12.2. The number of rotatable bonds is 6. The van der Waals surface area contributed by atoms with E-state index < -0.39 is 72.7 Å². The second-order valence-electron chi connectivity index (χ2n) is 4.66. The smallest absolute Gasteiger partial charge is 0.171 e. The molecule has 0 saturated heterocycles. The van der Waals surface area contributed by atoms with Crippen molar-refractivity contribution in [1.82, 2.24) is 0 Å². The minimum atomic E-state index is -5.15. The third-order valence-corrected chi connectivity index (χ3v) is 3.66. The lowest BCUT2D eigenvalue weighted by Crippen LogP contribution is -2.29. The number of halogens is 12. The molecule has 0 aromatic rings. The lowest BCUT2D eigenvalue weighted by atomic mass is 10.2. The Kier molecular flexibility index (Phi) is 7.44. The number of alkyl halides is 12. The topological polar surface area (TPSA) is 0 Å². The normalized spacial score (nSPS) is 14.9. The van der Waals surface area contributed by atoms with Crippen LogP contribution in [0.1, 0.15) is 25.7 Å². The van der Waals surface area contributed by atoms with Crippen LogP contribution in [0.5, 0.6) is 0 Å². The van der Waals surface area contributed by atoms with Gasteiger partial charge in [0.05, 0.1) is 25.7 Å². The van der Waals surface area contributed by atoms with E-state index in [9.17, 15) is 52.7 Å². The van der Waals surface area contributed by atoms with Crippen LogP contribution in [0, 0.1) is 0 Å². The summed E-state index contributed by atoms with van der Waals surface area (Å²) in [5.41, 5.74) is 0. The van der Waals surface area contributed by atoms with Crippen LogP contribution in [0.4, 0.5) is 52.7 Å². The highest BCUT2D eigenvalue weighted by atomic mass is 32.2. The highest BCUT2D eigenvalue weighted by molar-refractivity contribution is 8.00. The van der Waals surface area contributed by atoms with Crippen molar-refractivity contribution < 1.29 is 52.7 Å².